The van der Waals surface area contributed by atoms with Crippen LogP contribution in [-0.4, -0.2) is 23.1 Å². The van der Waals surface area contributed by atoms with Crippen molar-refractivity contribution in [2.45, 2.75) is 38.9 Å². The molecule has 3 rings (SSSR count). The van der Waals surface area contributed by atoms with Crippen molar-refractivity contribution in [3.8, 4) is 0 Å². The van der Waals surface area contributed by atoms with Crippen LogP contribution in [0.15, 0.2) is 17.6 Å². The molecule has 1 saturated carbocycles. The molecule has 0 bridgehead atoms. The Kier molecular flexibility index (Phi) is 4.17. The van der Waals surface area contributed by atoms with Gasteiger partial charge in [0.2, 0.25) is 0 Å². The highest BCUT2D eigenvalue weighted by molar-refractivity contribution is 7.09. The summed E-state index contributed by atoms with van der Waals surface area (Å²) in [5.41, 5.74) is 1.62. The predicted octanol–water partition coefficient (Wildman–Crippen LogP) is 2.87. The van der Waals surface area contributed by atoms with Crippen molar-refractivity contribution in [3.05, 3.63) is 39.7 Å². The van der Waals surface area contributed by atoms with Gasteiger partial charge in [0.1, 0.15) is 0 Å². The highest BCUT2D eigenvalue weighted by Crippen LogP contribution is 2.23. The van der Waals surface area contributed by atoms with E-state index in [4.69, 9.17) is 0 Å². The number of nitrogens with one attached hydrogen (secondary N) is 1. The number of hydrogen-bond acceptors (Lipinski definition) is 5. The Balaban J connectivity index is 1.72. The van der Waals surface area contributed by atoms with Crippen LogP contribution in [0.2, 0.25) is 0 Å². The lowest BCUT2D eigenvalue weighted by Crippen LogP contribution is -2.22. The number of nitrogens with zero attached hydrogens (tertiary/aromatic N) is 3. The van der Waals surface area contributed by atoms with Gasteiger partial charge in [-0.3, -0.25) is 0 Å². The molecule has 1 N–H and O–H groups in total. The van der Waals surface area contributed by atoms with Gasteiger partial charge in [-0.2, -0.15) is 0 Å². The van der Waals surface area contributed by atoms with Crippen molar-refractivity contribution in [1.82, 2.24) is 15.3 Å². The second kappa shape index (κ2) is 6.07. The van der Waals surface area contributed by atoms with Crippen molar-refractivity contribution in [2.75, 3.05) is 11.9 Å². The molecule has 1 fully saturated rings. The largest absolute Gasteiger partial charge is 0.351 e. The summed E-state index contributed by atoms with van der Waals surface area (Å²) >= 11 is 1.61. The van der Waals surface area contributed by atoms with Crippen LogP contribution in [0.5, 0.6) is 0 Å². The Labute approximate surface area is 128 Å². The van der Waals surface area contributed by atoms with Gasteiger partial charge in [0, 0.05) is 36.8 Å². The monoisotopic (exact) mass is 306 g/mol. The van der Waals surface area contributed by atoms with Crippen LogP contribution in [0, 0.1) is 12.7 Å². The number of aromatic nitrogens is 2. The highest BCUT2D eigenvalue weighted by Gasteiger charge is 2.21. The second-order valence-electron chi connectivity index (χ2n) is 5.48. The maximum absolute atomic E-state index is 14.5. The normalized spacial score (nSPS) is 14.4. The molecule has 0 atom stereocenters. The number of halogens is 1. The van der Waals surface area contributed by atoms with Gasteiger partial charge < -0.3 is 10.2 Å². The van der Waals surface area contributed by atoms with Gasteiger partial charge in [0.15, 0.2) is 11.6 Å². The lowest BCUT2D eigenvalue weighted by Gasteiger charge is -2.19. The molecule has 112 valence electrons. The molecular weight excluding hydrogens is 287 g/mol. The van der Waals surface area contributed by atoms with Gasteiger partial charge in [-0.05, 0) is 25.8 Å². The van der Waals surface area contributed by atoms with E-state index in [1.54, 1.807) is 23.6 Å². The van der Waals surface area contributed by atoms with Gasteiger partial charge in [0.05, 0.1) is 17.2 Å². The summed E-state index contributed by atoms with van der Waals surface area (Å²) in [5.74, 6) is 0.149. The van der Waals surface area contributed by atoms with E-state index in [2.05, 4.69) is 15.3 Å². The predicted molar refractivity (Wildman–Crippen MR) is 83.0 cm³/mol. The number of thiazole rings is 1. The fourth-order valence-corrected chi connectivity index (χ4v) is 2.82. The van der Waals surface area contributed by atoms with E-state index in [1.165, 1.54) is 12.8 Å². The maximum Gasteiger partial charge on any atom is 0.170 e. The highest BCUT2D eigenvalue weighted by atomic mass is 32.1. The molecule has 0 radical (unpaired) electrons. The molecule has 0 saturated heterocycles. The molecule has 1 aliphatic rings. The van der Waals surface area contributed by atoms with Gasteiger partial charge >= 0.3 is 0 Å². The van der Waals surface area contributed by atoms with E-state index in [-0.39, 0.29) is 5.82 Å². The molecule has 2 aromatic heterocycles. The smallest absolute Gasteiger partial charge is 0.170 e. The van der Waals surface area contributed by atoms with Gasteiger partial charge in [-0.15, -0.1) is 11.3 Å². The van der Waals surface area contributed by atoms with Crippen LogP contribution in [0.4, 0.5) is 10.2 Å². The van der Waals surface area contributed by atoms with Gasteiger partial charge in [-0.1, -0.05) is 0 Å². The first-order valence-corrected chi connectivity index (χ1v) is 8.00. The van der Waals surface area contributed by atoms with Crippen LogP contribution >= 0.6 is 11.3 Å². The molecule has 6 heteroatoms. The van der Waals surface area contributed by atoms with Crippen molar-refractivity contribution in [1.29, 1.82) is 0 Å². The molecule has 1 aliphatic carbocycles. The number of anilines is 1. The third kappa shape index (κ3) is 3.57. The van der Waals surface area contributed by atoms with Crippen molar-refractivity contribution in [3.63, 3.8) is 0 Å². The van der Waals surface area contributed by atoms with Crippen LogP contribution in [0.25, 0.3) is 0 Å². The first-order valence-electron chi connectivity index (χ1n) is 7.12. The third-order valence-electron chi connectivity index (χ3n) is 3.54. The maximum atomic E-state index is 14.5. The average Bonchev–Trinajstić information content (AvgIpc) is 3.20. The number of hydrogen-bond donors (Lipinski definition) is 1. The summed E-state index contributed by atoms with van der Waals surface area (Å²) in [6.07, 6.45) is 4.07. The van der Waals surface area contributed by atoms with E-state index in [0.717, 1.165) is 10.7 Å². The van der Waals surface area contributed by atoms with Crippen LogP contribution in [-0.2, 0) is 13.1 Å². The Morgan fingerprint density at radius 2 is 2.29 bits per heavy atom. The minimum Gasteiger partial charge on any atom is -0.351 e. The fourth-order valence-electron chi connectivity index (χ4n) is 2.21. The molecule has 2 aromatic rings. The zero-order chi connectivity index (χ0) is 14.8. The summed E-state index contributed by atoms with van der Waals surface area (Å²) in [5, 5.41) is 6.36. The van der Waals surface area contributed by atoms with Crippen molar-refractivity contribution >= 4 is 17.2 Å². The quantitative estimate of drug-likeness (QED) is 0.891. The van der Waals surface area contributed by atoms with Crippen molar-refractivity contribution < 1.29 is 4.39 Å². The summed E-state index contributed by atoms with van der Waals surface area (Å²) in [6, 6.07) is 2.31. The molecule has 4 nitrogen and oxygen atoms in total. The number of aryl methyl sites for hydroxylation is 1. The zero-order valence-electron chi connectivity index (χ0n) is 12.3. The Hall–Kier alpha value is -1.53. The molecule has 0 aliphatic heterocycles. The molecule has 0 unspecified atom stereocenters. The van der Waals surface area contributed by atoms with E-state index >= 15 is 0 Å². The molecule has 21 heavy (non-hydrogen) atoms. The molecule has 0 amide bonds. The van der Waals surface area contributed by atoms with E-state index in [0.29, 0.717) is 30.5 Å². The lowest BCUT2D eigenvalue weighted by atomic mass is 10.2. The van der Waals surface area contributed by atoms with Gasteiger partial charge in [-0.25, -0.2) is 14.4 Å². The van der Waals surface area contributed by atoms with Crippen LogP contribution in [0.3, 0.4) is 0 Å². The fraction of sp³-hybridized carbons (Fsp3) is 0.467. The average molecular weight is 306 g/mol. The van der Waals surface area contributed by atoms with E-state index in [9.17, 15) is 4.39 Å². The summed E-state index contributed by atoms with van der Waals surface area (Å²) in [4.78, 5) is 10.4. The lowest BCUT2D eigenvalue weighted by molar-refractivity contribution is 0.577. The molecule has 2 heterocycles. The van der Waals surface area contributed by atoms with E-state index < -0.39 is 0 Å². The standard InChI is InChI=1S/C15H19FN4S/c1-10-19-13(9-21-10)8-20(2)15-14(16)11(5-6-17-15)7-18-12-3-4-12/h5-6,9,12,18H,3-4,7-8H2,1-2H3. The zero-order valence-corrected chi connectivity index (χ0v) is 13.1. The minimum absolute atomic E-state index is 0.236. The number of pyridine rings is 1. The third-order valence-corrected chi connectivity index (χ3v) is 4.36. The second-order valence-corrected chi connectivity index (χ2v) is 6.54. The molecule has 0 spiro atoms. The number of rotatable bonds is 6. The first kappa shape index (κ1) is 14.4. The SMILES string of the molecule is Cc1nc(CN(C)c2nccc(CNC3CC3)c2F)cs1. The molecule has 0 aromatic carbocycles. The van der Waals surface area contributed by atoms with E-state index in [1.807, 2.05) is 24.3 Å². The summed E-state index contributed by atoms with van der Waals surface area (Å²) < 4.78 is 14.5. The van der Waals surface area contributed by atoms with Crippen LogP contribution in [0.1, 0.15) is 29.1 Å². The van der Waals surface area contributed by atoms with Gasteiger partial charge in [0.25, 0.3) is 0 Å². The summed E-state index contributed by atoms with van der Waals surface area (Å²) in [6.45, 7) is 3.10. The van der Waals surface area contributed by atoms with Crippen molar-refractivity contribution in [2.24, 2.45) is 0 Å². The Morgan fingerprint density at radius 3 is 2.95 bits per heavy atom. The minimum atomic E-state index is -0.236. The Morgan fingerprint density at radius 1 is 1.48 bits per heavy atom. The van der Waals surface area contributed by atoms with Crippen LogP contribution < -0.4 is 10.2 Å². The summed E-state index contributed by atoms with van der Waals surface area (Å²) in [7, 11) is 1.85. The molecular formula is C15H19FN4S. The topological polar surface area (TPSA) is 41.1 Å². The first-order chi connectivity index (χ1) is 10.1. The Bertz CT molecular complexity index is 624.